The number of carbonyl (C=O) groups excluding carboxylic acids is 1. The Kier molecular flexibility index (Phi) is 6.04. The predicted molar refractivity (Wildman–Crippen MR) is 65.8 cm³/mol. The lowest BCUT2D eigenvalue weighted by molar-refractivity contribution is -0.145. The molecule has 0 radical (unpaired) electrons. The van der Waals surface area contributed by atoms with Gasteiger partial charge in [0, 0.05) is 0 Å². The summed E-state index contributed by atoms with van der Waals surface area (Å²) >= 11 is 1.75. The Balaban J connectivity index is 2.51. The molecule has 1 aromatic rings. The normalized spacial score (nSPS) is 12.4. The van der Waals surface area contributed by atoms with Crippen molar-refractivity contribution in [3.63, 3.8) is 0 Å². The van der Waals surface area contributed by atoms with Gasteiger partial charge < -0.3 is 9.26 Å². The minimum atomic E-state index is -0.493. The van der Waals surface area contributed by atoms with E-state index >= 15 is 0 Å². The molecule has 0 bridgehead atoms. The van der Waals surface area contributed by atoms with Gasteiger partial charge in [0.15, 0.2) is 5.82 Å². The highest BCUT2D eigenvalue weighted by Crippen LogP contribution is 2.17. The number of thioether (sulfide) groups is 1. The van der Waals surface area contributed by atoms with Gasteiger partial charge >= 0.3 is 5.97 Å². The zero-order chi connectivity index (χ0) is 12.7. The van der Waals surface area contributed by atoms with Gasteiger partial charge in [0.1, 0.15) is 5.92 Å². The molecule has 0 aliphatic carbocycles. The van der Waals surface area contributed by atoms with Gasteiger partial charge in [-0.3, -0.25) is 4.79 Å². The minimum Gasteiger partial charge on any atom is -0.465 e. The van der Waals surface area contributed by atoms with Crippen LogP contribution in [0.3, 0.4) is 0 Å². The van der Waals surface area contributed by atoms with Crippen molar-refractivity contribution in [3.8, 4) is 0 Å². The van der Waals surface area contributed by atoms with Gasteiger partial charge in [-0.15, -0.1) is 0 Å². The first-order chi connectivity index (χ1) is 8.19. The summed E-state index contributed by atoms with van der Waals surface area (Å²) in [5.41, 5.74) is 0. The first-order valence-corrected chi connectivity index (χ1v) is 6.91. The highest BCUT2D eigenvalue weighted by Gasteiger charge is 2.22. The quantitative estimate of drug-likeness (QED) is 0.552. The van der Waals surface area contributed by atoms with Crippen LogP contribution in [-0.2, 0) is 15.3 Å². The number of carbonyl (C=O) groups is 1. The third kappa shape index (κ3) is 4.38. The van der Waals surface area contributed by atoms with Gasteiger partial charge in [-0.1, -0.05) is 12.1 Å². The van der Waals surface area contributed by atoms with Crippen molar-refractivity contribution < 1.29 is 14.1 Å². The van der Waals surface area contributed by atoms with Crippen LogP contribution in [-0.4, -0.2) is 28.5 Å². The molecule has 1 heterocycles. The molecule has 0 fully saturated rings. The molecule has 0 aliphatic heterocycles. The van der Waals surface area contributed by atoms with Crippen LogP contribution in [0.5, 0.6) is 0 Å². The Bertz CT molecular complexity index is 354. The topological polar surface area (TPSA) is 65.2 Å². The molecule has 0 saturated carbocycles. The SMILES string of the molecule is CCCSCc1noc(C(C)C(=O)OCC)n1. The van der Waals surface area contributed by atoms with Crippen LogP contribution in [0.25, 0.3) is 0 Å². The van der Waals surface area contributed by atoms with Gasteiger partial charge in [0.25, 0.3) is 0 Å². The number of ether oxygens (including phenoxy) is 1. The Morgan fingerprint density at radius 2 is 2.29 bits per heavy atom. The van der Waals surface area contributed by atoms with E-state index in [2.05, 4.69) is 17.1 Å². The number of aromatic nitrogens is 2. The summed E-state index contributed by atoms with van der Waals surface area (Å²) in [5.74, 6) is 1.92. The molecule has 0 N–H and O–H groups in total. The number of esters is 1. The summed E-state index contributed by atoms with van der Waals surface area (Å²) in [5, 5.41) is 3.84. The Morgan fingerprint density at radius 1 is 1.53 bits per heavy atom. The van der Waals surface area contributed by atoms with Crippen LogP contribution in [0.15, 0.2) is 4.52 Å². The molecule has 0 saturated heterocycles. The fourth-order valence-corrected chi connectivity index (χ4v) is 1.91. The molecule has 5 nitrogen and oxygen atoms in total. The second-order valence-corrected chi connectivity index (χ2v) is 4.68. The smallest absolute Gasteiger partial charge is 0.318 e. The predicted octanol–water partition coefficient (Wildman–Crippen LogP) is 2.38. The molecule has 1 rings (SSSR count). The van der Waals surface area contributed by atoms with E-state index in [-0.39, 0.29) is 5.97 Å². The monoisotopic (exact) mass is 258 g/mol. The number of rotatable bonds is 7. The van der Waals surface area contributed by atoms with Crippen LogP contribution in [0, 0.1) is 0 Å². The Hall–Kier alpha value is -1.04. The number of hydrogen-bond acceptors (Lipinski definition) is 6. The maximum absolute atomic E-state index is 11.5. The van der Waals surface area contributed by atoms with Crippen molar-refractivity contribution in [2.75, 3.05) is 12.4 Å². The molecular formula is C11H18N2O3S. The molecule has 0 aromatic carbocycles. The first kappa shape index (κ1) is 14.0. The fraction of sp³-hybridized carbons (Fsp3) is 0.727. The van der Waals surface area contributed by atoms with Crippen LogP contribution >= 0.6 is 11.8 Å². The first-order valence-electron chi connectivity index (χ1n) is 5.75. The lowest BCUT2D eigenvalue weighted by Crippen LogP contribution is -2.13. The molecule has 96 valence electrons. The van der Waals surface area contributed by atoms with Crippen molar-refractivity contribution in [1.82, 2.24) is 10.1 Å². The van der Waals surface area contributed by atoms with E-state index < -0.39 is 5.92 Å². The second kappa shape index (κ2) is 7.32. The minimum absolute atomic E-state index is 0.329. The number of hydrogen-bond donors (Lipinski definition) is 0. The van der Waals surface area contributed by atoms with E-state index in [1.54, 1.807) is 25.6 Å². The van der Waals surface area contributed by atoms with Crippen molar-refractivity contribution in [3.05, 3.63) is 11.7 Å². The summed E-state index contributed by atoms with van der Waals surface area (Å²) in [4.78, 5) is 15.6. The lowest BCUT2D eigenvalue weighted by Gasteiger charge is -2.04. The van der Waals surface area contributed by atoms with Gasteiger partial charge in [-0.05, 0) is 26.0 Å². The summed E-state index contributed by atoms with van der Waals surface area (Å²) in [6, 6.07) is 0. The van der Waals surface area contributed by atoms with E-state index in [1.165, 1.54) is 0 Å². The highest BCUT2D eigenvalue weighted by molar-refractivity contribution is 7.98. The third-order valence-electron chi connectivity index (χ3n) is 2.07. The van der Waals surface area contributed by atoms with Gasteiger partial charge in [0.05, 0.1) is 12.4 Å². The van der Waals surface area contributed by atoms with Crippen molar-refractivity contribution in [2.24, 2.45) is 0 Å². The van der Waals surface area contributed by atoms with Crippen molar-refractivity contribution >= 4 is 17.7 Å². The van der Waals surface area contributed by atoms with E-state index in [4.69, 9.17) is 9.26 Å². The van der Waals surface area contributed by atoms with Crippen LogP contribution in [0.4, 0.5) is 0 Å². The van der Waals surface area contributed by atoms with Crippen molar-refractivity contribution in [1.29, 1.82) is 0 Å². The molecule has 1 unspecified atom stereocenters. The molecule has 0 aliphatic rings. The average Bonchev–Trinajstić information content (AvgIpc) is 2.77. The maximum Gasteiger partial charge on any atom is 0.318 e. The maximum atomic E-state index is 11.5. The van der Waals surface area contributed by atoms with E-state index in [0.717, 1.165) is 12.2 Å². The van der Waals surface area contributed by atoms with Gasteiger partial charge in [0.2, 0.25) is 5.89 Å². The largest absolute Gasteiger partial charge is 0.465 e. The molecule has 1 aromatic heterocycles. The fourth-order valence-electron chi connectivity index (χ4n) is 1.18. The zero-order valence-corrected chi connectivity index (χ0v) is 11.2. The van der Waals surface area contributed by atoms with Crippen LogP contribution < -0.4 is 0 Å². The lowest BCUT2D eigenvalue weighted by atomic mass is 10.2. The molecule has 6 heteroatoms. The Morgan fingerprint density at radius 3 is 2.94 bits per heavy atom. The summed E-state index contributed by atoms with van der Waals surface area (Å²) in [7, 11) is 0. The zero-order valence-electron chi connectivity index (χ0n) is 10.4. The molecule has 17 heavy (non-hydrogen) atoms. The molecular weight excluding hydrogens is 240 g/mol. The van der Waals surface area contributed by atoms with Gasteiger partial charge in [-0.25, -0.2) is 0 Å². The second-order valence-electron chi connectivity index (χ2n) is 3.58. The number of nitrogens with zero attached hydrogens (tertiary/aromatic N) is 2. The van der Waals surface area contributed by atoms with E-state index in [9.17, 15) is 4.79 Å². The van der Waals surface area contributed by atoms with Gasteiger partial charge in [-0.2, -0.15) is 16.7 Å². The van der Waals surface area contributed by atoms with Crippen molar-refractivity contribution in [2.45, 2.75) is 38.9 Å². The molecule has 0 spiro atoms. The molecule has 1 atom stereocenters. The molecule has 0 amide bonds. The summed E-state index contributed by atoms with van der Waals surface area (Å²) < 4.78 is 9.94. The highest BCUT2D eigenvalue weighted by atomic mass is 32.2. The average molecular weight is 258 g/mol. The van der Waals surface area contributed by atoms with Crippen LogP contribution in [0.2, 0.25) is 0 Å². The Labute approximate surface area is 105 Å². The summed E-state index contributed by atoms with van der Waals surface area (Å²) in [6.45, 7) is 5.95. The van der Waals surface area contributed by atoms with E-state index in [0.29, 0.717) is 24.1 Å². The van der Waals surface area contributed by atoms with Crippen LogP contribution in [0.1, 0.15) is 44.8 Å². The third-order valence-corrected chi connectivity index (χ3v) is 3.23. The summed E-state index contributed by atoms with van der Waals surface area (Å²) in [6.07, 6.45) is 1.12. The van der Waals surface area contributed by atoms with E-state index in [1.807, 2.05) is 0 Å². The standard InChI is InChI=1S/C11H18N2O3S/c1-4-6-17-7-9-12-10(16-13-9)8(3)11(14)15-5-2/h8H,4-7H2,1-3H3.